The van der Waals surface area contributed by atoms with Crippen molar-refractivity contribution in [2.24, 2.45) is 0 Å². The molecular weight excluding hydrogens is 450 g/mol. The van der Waals surface area contributed by atoms with Gasteiger partial charge in [-0.1, -0.05) is 41.9 Å². The van der Waals surface area contributed by atoms with Gasteiger partial charge in [-0.25, -0.2) is 4.98 Å². The van der Waals surface area contributed by atoms with Crippen molar-refractivity contribution in [3.63, 3.8) is 0 Å². The van der Waals surface area contributed by atoms with Crippen molar-refractivity contribution in [1.82, 2.24) is 10.3 Å². The van der Waals surface area contributed by atoms with Gasteiger partial charge in [-0.15, -0.1) is 11.3 Å². The maximum Gasteiger partial charge on any atom is 0.250 e. The minimum atomic E-state index is -0.373. The van der Waals surface area contributed by atoms with Crippen LogP contribution in [0.25, 0.3) is 28.7 Å². The summed E-state index contributed by atoms with van der Waals surface area (Å²) >= 11 is 12.5. The normalized spacial score (nSPS) is 10.9. The molecule has 0 aliphatic carbocycles. The number of amides is 1. The zero-order chi connectivity index (χ0) is 21.6. The Kier molecular flexibility index (Phi) is 6.57. The number of rotatable bonds is 5. The summed E-state index contributed by atoms with van der Waals surface area (Å²) in [5.41, 5.74) is 2.76. The molecule has 154 valence electrons. The van der Waals surface area contributed by atoms with Gasteiger partial charge in [0.05, 0.1) is 5.69 Å². The fraction of sp³-hybridized carbons (Fsp3) is 0. The lowest BCUT2D eigenvalue weighted by Gasteiger charge is -2.04. The number of carbonyl (C=O) groups excluding carboxylic acids is 1. The summed E-state index contributed by atoms with van der Waals surface area (Å²) < 4.78 is 5.74. The minimum Gasteiger partial charge on any atom is -0.457 e. The average molecular weight is 466 g/mol. The van der Waals surface area contributed by atoms with Crippen LogP contribution in [-0.4, -0.2) is 16.0 Å². The Hall–Kier alpha value is -3.26. The summed E-state index contributed by atoms with van der Waals surface area (Å²) in [7, 11) is 0. The van der Waals surface area contributed by atoms with Crippen LogP contribution in [-0.2, 0) is 4.79 Å². The maximum absolute atomic E-state index is 12.2. The molecule has 8 heteroatoms. The summed E-state index contributed by atoms with van der Waals surface area (Å²) in [4.78, 5) is 16.6. The molecule has 0 aliphatic heterocycles. The molecule has 31 heavy (non-hydrogen) atoms. The van der Waals surface area contributed by atoms with Gasteiger partial charge in [-0.05, 0) is 54.7 Å². The largest absolute Gasteiger partial charge is 0.457 e. The second-order valence-electron chi connectivity index (χ2n) is 6.39. The quantitative estimate of drug-likeness (QED) is 0.269. The molecule has 0 spiro atoms. The Bertz CT molecular complexity index is 1230. The van der Waals surface area contributed by atoms with Crippen molar-refractivity contribution in [2.45, 2.75) is 0 Å². The molecule has 0 aliphatic rings. The predicted octanol–water partition coefficient (Wildman–Crippen LogP) is 6.25. The first-order chi connectivity index (χ1) is 15.1. The molecule has 5 nitrogen and oxygen atoms in total. The number of hydrogen-bond acceptors (Lipinski definition) is 5. The van der Waals surface area contributed by atoms with E-state index in [2.05, 4.69) is 15.6 Å². The minimum absolute atomic E-state index is 0.171. The van der Waals surface area contributed by atoms with Crippen molar-refractivity contribution >= 4 is 57.4 Å². The van der Waals surface area contributed by atoms with Crippen LogP contribution in [0.15, 0.2) is 82.6 Å². The number of thiazole rings is 1. The number of benzene rings is 2. The van der Waals surface area contributed by atoms with Gasteiger partial charge >= 0.3 is 0 Å². The van der Waals surface area contributed by atoms with Crippen LogP contribution < -0.4 is 10.6 Å². The van der Waals surface area contributed by atoms with E-state index in [1.807, 2.05) is 53.9 Å². The van der Waals surface area contributed by atoms with Crippen LogP contribution in [0.4, 0.5) is 5.13 Å². The summed E-state index contributed by atoms with van der Waals surface area (Å²) in [5.74, 6) is 0.861. The summed E-state index contributed by atoms with van der Waals surface area (Å²) in [6.07, 6.45) is 2.93. The molecular formula is C23H16ClN3O2S2. The van der Waals surface area contributed by atoms with Crippen LogP contribution in [0.1, 0.15) is 5.76 Å². The van der Waals surface area contributed by atoms with Crippen molar-refractivity contribution in [2.75, 3.05) is 5.32 Å². The number of anilines is 1. The summed E-state index contributed by atoms with van der Waals surface area (Å²) in [5, 5.41) is 8.89. The third-order valence-electron chi connectivity index (χ3n) is 4.19. The molecule has 0 saturated carbocycles. The Labute approximate surface area is 193 Å². The van der Waals surface area contributed by atoms with Gasteiger partial charge in [0.25, 0.3) is 0 Å². The highest BCUT2D eigenvalue weighted by atomic mass is 35.5. The van der Waals surface area contributed by atoms with E-state index in [-0.39, 0.29) is 11.0 Å². The van der Waals surface area contributed by atoms with Gasteiger partial charge in [0.1, 0.15) is 11.5 Å². The summed E-state index contributed by atoms with van der Waals surface area (Å²) in [6, 6.07) is 20.8. The molecule has 4 aromatic rings. The molecule has 4 rings (SSSR count). The van der Waals surface area contributed by atoms with E-state index in [9.17, 15) is 4.79 Å². The number of aromatic nitrogens is 1. The molecule has 0 saturated heterocycles. The molecule has 1 amide bonds. The summed E-state index contributed by atoms with van der Waals surface area (Å²) in [6.45, 7) is 0. The maximum atomic E-state index is 12.2. The number of halogens is 1. The standard InChI is InChI=1S/C23H16ClN3O2S2/c24-17-8-6-16(7-9-17)20-12-10-18(29-20)11-13-21(28)26-22(30)27-23-25-19(14-31-23)15-4-2-1-3-5-15/h1-14H,(H2,25,26,27,28,30). The van der Waals surface area contributed by atoms with Crippen molar-refractivity contribution in [3.8, 4) is 22.6 Å². The molecule has 2 heterocycles. The van der Waals surface area contributed by atoms with E-state index in [1.165, 1.54) is 17.4 Å². The topological polar surface area (TPSA) is 67.2 Å². The lowest BCUT2D eigenvalue weighted by Crippen LogP contribution is -2.32. The third-order valence-corrected chi connectivity index (χ3v) is 5.40. The Morgan fingerprint density at radius 2 is 1.81 bits per heavy atom. The zero-order valence-electron chi connectivity index (χ0n) is 16.0. The first-order valence-corrected chi connectivity index (χ1v) is 10.9. The lowest BCUT2D eigenvalue weighted by atomic mass is 10.2. The predicted molar refractivity (Wildman–Crippen MR) is 130 cm³/mol. The van der Waals surface area contributed by atoms with Crippen LogP contribution in [0, 0.1) is 0 Å². The number of carbonyl (C=O) groups is 1. The first-order valence-electron chi connectivity index (χ1n) is 9.23. The SMILES string of the molecule is O=C(C=Cc1ccc(-c2ccc(Cl)cc2)o1)NC(=S)Nc1nc(-c2ccccc2)cs1. The van der Waals surface area contributed by atoms with Gasteiger partial charge < -0.3 is 9.73 Å². The zero-order valence-corrected chi connectivity index (χ0v) is 18.4. The first kappa shape index (κ1) is 21.0. The van der Waals surface area contributed by atoms with Crippen LogP contribution in [0.5, 0.6) is 0 Å². The highest BCUT2D eigenvalue weighted by Crippen LogP contribution is 2.25. The van der Waals surface area contributed by atoms with E-state index in [0.29, 0.717) is 21.7 Å². The molecule has 0 atom stereocenters. The molecule has 0 unspecified atom stereocenters. The van der Waals surface area contributed by atoms with Crippen molar-refractivity contribution in [1.29, 1.82) is 0 Å². The number of nitrogens with zero attached hydrogens (tertiary/aromatic N) is 1. The number of nitrogens with one attached hydrogen (secondary N) is 2. The molecule has 0 radical (unpaired) electrons. The van der Waals surface area contributed by atoms with Crippen LogP contribution in [0.3, 0.4) is 0 Å². The molecule has 2 aromatic heterocycles. The molecule has 2 N–H and O–H groups in total. The Balaban J connectivity index is 1.31. The second kappa shape index (κ2) is 9.70. The van der Waals surface area contributed by atoms with Crippen molar-refractivity contribution in [3.05, 3.63) is 89.0 Å². The fourth-order valence-corrected chi connectivity index (χ4v) is 3.84. The van der Waals surface area contributed by atoms with E-state index in [4.69, 9.17) is 28.2 Å². The van der Waals surface area contributed by atoms with E-state index >= 15 is 0 Å². The van der Waals surface area contributed by atoms with Crippen LogP contribution >= 0.6 is 35.2 Å². The fourth-order valence-electron chi connectivity index (χ4n) is 2.72. The van der Waals surface area contributed by atoms with Gasteiger partial charge in [-0.3, -0.25) is 10.1 Å². The van der Waals surface area contributed by atoms with Gasteiger partial charge in [0, 0.05) is 27.6 Å². The van der Waals surface area contributed by atoms with Crippen LogP contribution in [0.2, 0.25) is 5.02 Å². The average Bonchev–Trinajstić information content (AvgIpc) is 3.43. The lowest BCUT2D eigenvalue weighted by molar-refractivity contribution is -0.115. The van der Waals surface area contributed by atoms with E-state index < -0.39 is 0 Å². The van der Waals surface area contributed by atoms with Gasteiger partial charge in [0.2, 0.25) is 5.91 Å². The third kappa shape index (κ3) is 5.67. The van der Waals surface area contributed by atoms with Gasteiger partial charge in [-0.2, -0.15) is 0 Å². The Morgan fingerprint density at radius 3 is 2.58 bits per heavy atom. The van der Waals surface area contributed by atoms with Gasteiger partial charge in [0.15, 0.2) is 10.2 Å². The number of thiocarbonyl (C=S) groups is 1. The monoisotopic (exact) mass is 465 g/mol. The number of hydrogen-bond donors (Lipinski definition) is 2. The van der Waals surface area contributed by atoms with E-state index in [0.717, 1.165) is 16.8 Å². The molecule has 0 fully saturated rings. The highest BCUT2D eigenvalue weighted by Gasteiger charge is 2.08. The molecule has 2 aromatic carbocycles. The second-order valence-corrected chi connectivity index (χ2v) is 8.09. The Morgan fingerprint density at radius 1 is 1.03 bits per heavy atom. The van der Waals surface area contributed by atoms with E-state index in [1.54, 1.807) is 24.3 Å². The smallest absolute Gasteiger partial charge is 0.250 e. The highest BCUT2D eigenvalue weighted by molar-refractivity contribution is 7.80. The van der Waals surface area contributed by atoms with Crippen molar-refractivity contribution < 1.29 is 9.21 Å². The number of furan rings is 1. The molecule has 0 bridgehead atoms.